The van der Waals surface area contributed by atoms with Crippen LogP contribution in [0.5, 0.6) is 0 Å². The molecule has 1 N–H and O–H groups in total. The average molecular weight is 359 g/mol. The van der Waals surface area contributed by atoms with Gasteiger partial charge in [0.15, 0.2) is 0 Å². The van der Waals surface area contributed by atoms with Crippen LogP contribution >= 0.6 is 11.3 Å². The highest BCUT2D eigenvalue weighted by Gasteiger charge is 2.34. The fraction of sp³-hybridized carbons (Fsp3) is 0.474. The molecule has 1 aliphatic heterocycles. The molecule has 4 nitrogen and oxygen atoms in total. The Bertz CT molecular complexity index is 741. The Morgan fingerprint density at radius 1 is 1.28 bits per heavy atom. The van der Waals surface area contributed by atoms with Crippen LogP contribution in [0.4, 0.5) is 4.39 Å². The van der Waals surface area contributed by atoms with Gasteiger partial charge in [-0.05, 0) is 37.0 Å². The summed E-state index contributed by atoms with van der Waals surface area (Å²) in [4.78, 5) is 19.3. The third-order valence-electron chi connectivity index (χ3n) is 4.86. The molecule has 6 heteroatoms. The number of carbonyl (C=O) groups is 1. The topological polar surface area (TPSA) is 45.2 Å². The molecule has 4 rings (SSSR count). The van der Waals surface area contributed by atoms with Gasteiger partial charge >= 0.3 is 0 Å². The van der Waals surface area contributed by atoms with E-state index in [2.05, 4.69) is 15.2 Å². The predicted octanol–water partition coefficient (Wildman–Crippen LogP) is 2.77. The fourth-order valence-electron chi connectivity index (χ4n) is 3.41. The van der Waals surface area contributed by atoms with E-state index >= 15 is 0 Å². The van der Waals surface area contributed by atoms with Gasteiger partial charge in [0, 0.05) is 37.0 Å². The van der Waals surface area contributed by atoms with Gasteiger partial charge in [0.05, 0.1) is 17.1 Å². The zero-order valence-electron chi connectivity index (χ0n) is 14.1. The molecule has 25 heavy (non-hydrogen) atoms. The van der Waals surface area contributed by atoms with Crippen molar-refractivity contribution < 1.29 is 9.18 Å². The molecule has 2 aliphatic rings. The van der Waals surface area contributed by atoms with Crippen molar-refractivity contribution in [2.24, 2.45) is 0 Å². The van der Waals surface area contributed by atoms with Crippen LogP contribution < -0.4 is 5.32 Å². The van der Waals surface area contributed by atoms with Gasteiger partial charge < -0.3 is 5.32 Å². The van der Waals surface area contributed by atoms with Crippen molar-refractivity contribution >= 4 is 17.2 Å². The summed E-state index contributed by atoms with van der Waals surface area (Å²) in [6.07, 6.45) is 4.69. The molecule has 132 valence electrons. The summed E-state index contributed by atoms with van der Waals surface area (Å²) in [5.41, 5.74) is 1.84. The van der Waals surface area contributed by atoms with Crippen molar-refractivity contribution in [3.63, 3.8) is 0 Å². The van der Waals surface area contributed by atoms with Gasteiger partial charge in [-0.25, -0.2) is 9.37 Å². The molecule has 2 fully saturated rings. The zero-order valence-corrected chi connectivity index (χ0v) is 14.9. The molecule has 1 saturated heterocycles. The van der Waals surface area contributed by atoms with Crippen LogP contribution in [0.25, 0.3) is 0 Å². The number of rotatable bonds is 6. The first-order valence-corrected chi connectivity index (χ1v) is 9.75. The molecule has 1 aromatic heterocycles. The number of thiazole rings is 1. The SMILES string of the molecule is O=C(Cc1csc(Cc2ccc(F)cc2)n1)N[C@H]1CCN(C2CC2)C1. The van der Waals surface area contributed by atoms with Gasteiger partial charge in [0.25, 0.3) is 0 Å². The van der Waals surface area contributed by atoms with Gasteiger partial charge in [-0.15, -0.1) is 11.3 Å². The highest BCUT2D eigenvalue weighted by atomic mass is 32.1. The highest BCUT2D eigenvalue weighted by Crippen LogP contribution is 2.29. The molecular weight excluding hydrogens is 337 g/mol. The van der Waals surface area contributed by atoms with Gasteiger partial charge in [-0.3, -0.25) is 9.69 Å². The van der Waals surface area contributed by atoms with Crippen LogP contribution in [0.15, 0.2) is 29.6 Å². The molecule has 1 aliphatic carbocycles. The van der Waals surface area contributed by atoms with E-state index < -0.39 is 0 Å². The molecular formula is C19H22FN3OS. The molecule has 1 saturated carbocycles. The number of halogens is 1. The van der Waals surface area contributed by atoms with Crippen LogP contribution in [-0.2, 0) is 17.6 Å². The number of hydrogen-bond donors (Lipinski definition) is 1. The summed E-state index contributed by atoms with van der Waals surface area (Å²) in [5, 5.41) is 6.05. The molecule has 0 radical (unpaired) electrons. The van der Waals surface area contributed by atoms with E-state index in [9.17, 15) is 9.18 Å². The van der Waals surface area contributed by atoms with E-state index in [0.717, 1.165) is 41.8 Å². The molecule has 1 amide bonds. The molecule has 0 unspecified atom stereocenters. The number of likely N-dealkylation sites (tertiary alicyclic amines) is 1. The Morgan fingerprint density at radius 2 is 2.08 bits per heavy atom. The summed E-state index contributed by atoms with van der Waals surface area (Å²) in [5.74, 6) is -0.173. The maximum Gasteiger partial charge on any atom is 0.226 e. The fourth-order valence-corrected chi connectivity index (χ4v) is 4.24. The predicted molar refractivity (Wildman–Crippen MR) is 96.2 cm³/mol. The van der Waals surface area contributed by atoms with Gasteiger partial charge in [-0.2, -0.15) is 0 Å². The minimum atomic E-state index is -0.229. The van der Waals surface area contributed by atoms with E-state index in [-0.39, 0.29) is 17.8 Å². The van der Waals surface area contributed by atoms with Gasteiger partial charge in [0.2, 0.25) is 5.91 Å². The first-order valence-electron chi connectivity index (χ1n) is 8.87. The van der Waals surface area contributed by atoms with Crippen LogP contribution in [0.2, 0.25) is 0 Å². The van der Waals surface area contributed by atoms with Crippen LogP contribution in [0.3, 0.4) is 0 Å². The second kappa shape index (κ2) is 7.22. The van der Waals surface area contributed by atoms with Crippen molar-refractivity contribution in [3.05, 3.63) is 51.7 Å². The lowest BCUT2D eigenvalue weighted by molar-refractivity contribution is -0.121. The van der Waals surface area contributed by atoms with E-state index in [4.69, 9.17) is 0 Å². The molecule has 2 aromatic rings. The quantitative estimate of drug-likeness (QED) is 0.863. The largest absolute Gasteiger partial charge is 0.352 e. The minimum Gasteiger partial charge on any atom is -0.352 e. The zero-order chi connectivity index (χ0) is 17.2. The van der Waals surface area contributed by atoms with Crippen molar-refractivity contribution in [2.75, 3.05) is 13.1 Å². The average Bonchev–Trinajstić information content (AvgIpc) is 3.19. The number of carbonyl (C=O) groups excluding carboxylic acids is 1. The van der Waals surface area contributed by atoms with Crippen LogP contribution in [-0.4, -0.2) is 41.0 Å². The van der Waals surface area contributed by atoms with E-state index in [1.54, 1.807) is 23.5 Å². The Morgan fingerprint density at radius 3 is 2.84 bits per heavy atom. The first-order chi connectivity index (χ1) is 12.2. The number of benzene rings is 1. The summed E-state index contributed by atoms with van der Waals surface area (Å²) in [7, 11) is 0. The lowest BCUT2D eigenvalue weighted by Crippen LogP contribution is -2.38. The highest BCUT2D eigenvalue weighted by molar-refractivity contribution is 7.09. The number of hydrogen-bond acceptors (Lipinski definition) is 4. The second-order valence-electron chi connectivity index (χ2n) is 6.99. The minimum absolute atomic E-state index is 0.0567. The van der Waals surface area contributed by atoms with Crippen LogP contribution in [0, 0.1) is 5.82 Å². The Hall–Kier alpha value is -1.79. The van der Waals surface area contributed by atoms with Gasteiger partial charge in [-0.1, -0.05) is 12.1 Å². The number of amides is 1. The summed E-state index contributed by atoms with van der Waals surface area (Å²) in [6.45, 7) is 2.09. The van der Waals surface area contributed by atoms with Crippen molar-refractivity contribution in [1.29, 1.82) is 0 Å². The maximum absolute atomic E-state index is 13.0. The number of nitrogens with zero attached hydrogens (tertiary/aromatic N) is 2. The van der Waals surface area contributed by atoms with E-state index in [1.807, 2.05) is 5.38 Å². The Balaban J connectivity index is 1.27. The normalized spacial score (nSPS) is 20.8. The maximum atomic E-state index is 13.0. The third kappa shape index (κ3) is 4.44. The lowest BCUT2D eigenvalue weighted by atomic mass is 10.1. The van der Waals surface area contributed by atoms with Crippen molar-refractivity contribution in [2.45, 2.75) is 44.2 Å². The summed E-state index contributed by atoms with van der Waals surface area (Å²) >= 11 is 1.55. The molecule has 0 bridgehead atoms. The second-order valence-corrected chi connectivity index (χ2v) is 7.93. The Labute approximate surface area is 151 Å². The smallest absolute Gasteiger partial charge is 0.226 e. The molecule has 1 atom stereocenters. The third-order valence-corrected chi connectivity index (χ3v) is 5.76. The Kier molecular flexibility index (Phi) is 4.81. The van der Waals surface area contributed by atoms with Crippen molar-refractivity contribution in [1.82, 2.24) is 15.2 Å². The van der Waals surface area contributed by atoms with E-state index in [0.29, 0.717) is 12.8 Å². The lowest BCUT2D eigenvalue weighted by Gasteiger charge is -2.15. The van der Waals surface area contributed by atoms with Crippen molar-refractivity contribution in [3.8, 4) is 0 Å². The van der Waals surface area contributed by atoms with Crippen LogP contribution in [0.1, 0.15) is 35.5 Å². The monoisotopic (exact) mass is 359 g/mol. The van der Waals surface area contributed by atoms with Gasteiger partial charge in [0.1, 0.15) is 5.82 Å². The molecule has 2 heterocycles. The first kappa shape index (κ1) is 16.7. The molecule has 1 aromatic carbocycles. The number of aromatic nitrogens is 1. The molecule has 0 spiro atoms. The van der Waals surface area contributed by atoms with E-state index in [1.165, 1.54) is 25.0 Å². The summed E-state index contributed by atoms with van der Waals surface area (Å²) < 4.78 is 13.0. The summed E-state index contributed by atoms with van der Waals surface area (Å²) in [6, 6.07) is 7.52. The number of nitrogens with one attached hydrogen (secondary N) is 1. The standard InChI is InChI=1S/C19H22FN3OS/c20-14-3-1-13(2-4-14)9-19-22-16(12-25-19)10-18(24)21-15-7-8-23(11-15)17-5-6-17/h1-4,12,15,17H,5-11H2,(H,21,24)/t15-/m0/s1.